The molecule has 2 aromatic rings. The average molecular weight is 294 g/mol. The molecule has 0 aliphatic carbocycles. The summed E-state index contributed by atoms with van der Waals surface area (Å²) < 4.78 is 10.9. The van der Waals surface area contributed by atoms with Gasteiger partial charge >= 0.3 is 0 Å². The molecule has 1 atom stereocenters. The predicted octanol–water partition coefficient (Wildman–Crippen LogP) is 3.22. The van der Waals surface area contributed by atoms with Gasteiger partial charge in [-0.2, -0.15) is 0 Å². The lowest BCUT2D eigenvalue weighted by molar-refractivity contribution is 0.0903. The molecule has 1 unspecified atom stereocenters. The predicted molar refractivity (Wildman–Crippen MR) is 77.1 cm³/mol. The summed E-state index contributed by atoms with van der Waals surface area (Å²) in [5.74, 6) is 1.58. The number of furan rings is 1. The van der Waals surface area contributed by atoms with Gasteiger partial charge in [-0.15, -0.1) is 11.6 Å². The normalized spacial score (nSPS) is 11.9. The van der Waals surface area contributed by atoms with Gasteiger partial charge in [0, 0.05) is 0 Å². The molecule has 0 bridgehead atoms. The van der Waals surface area contributed by atoms with Gasteiger partial charge in [0.15, 0.2) is 5.76 Å². The molecule has 0 spiro atoms. The maximum Gasteiger partial charge on any atom is 0.287 e. The van der Waals surface area contributed by atoms with Crippen molar-refractivity contribution >= 4 is 17.5 Å². The largest absolute Gasteiger partial charge is 0.489 e. The first-order valence-corrected chi connectivity index (χ1v) is 6.87. The molecule has 0 saturated carbocycles. The van der Waals surface area contributed by atoms with Crippen LogP contribution in [0.1, 0.15) is 23.2 Å². The number of hydrogen-bond acceptors (Lipinski definition) is 3. The second kappa shape index (κ2) is 7.01. The number of alkyl halides is 1. The van der Waals surface area contributed by atoms with E-state index in [1.165, 1.54) is 0 Å². The van der Waals surface area contributed by atoms with Gasteiger partial charge in [0.1, 0.15) is 17.6 Å². The zero-order valence-electron chi connectivity index (χ0n) is 11.1. The number of rotatable bonds is 6. The fourth-order valence-corrected chi connectivity index (χ4v) is 1.81. The van der Waals surface area contributed by atoms with Crippen molar-refractivity contribution < 1.29 is 13.9 Å². The van der Waals surface area contributed by atoms with E-state index in [4.69, 9.17) is 20.8 Å². The first-order valence-electron chi connectivity index (χ1n) is 6.33. The molecule has 0 radical (unpaired) electrons. The molecule has 1 aromatic carbocycles. The number of carbonyl (C=O) groups excluding carboxylic acids is 1. The van der Waals surface area contributed by atoms with Crippen LogP contribution in [0.2, 0.25) is 0 Å². The van der Waals surface area contributed by atoms with Crippen LogP contribution < -0.4 is 10.1 Å². The highest BCUT2D eigenvalue weighted by molar-refractivity contribution is 6.16. The minimum Gasteiger partial charge on any atom is -0.489 e. The van der Waals surface area contributed by atoms with Gasteiger partial charge in [0.25, 0.3) is 5.91 Å². The van der Waals surface area contributed by atoms with Gasteiger partial charge < -0.3 is 14.5 Å². The lowest BCUT2D eigenvalue weighted by Crippen LogP contribution is -2.33. The minimum absolute atomic E-state index is 0.135. The van der Waals surface area contributed by atoms with Crippen molar-refractivity contribution in [3.63, 3.8) is 0 Å². The zero-order valence-corrected chi connectivity index (χ0v) is 11.9. The highest BCUT2D eigenvalue weighted by Gasteiger charge is 2.12. The molecular formula is C15H16ClNO3. The van der Waals surface area contributed by atoms with Crippen LogP contribution in [0.5, 0.6) is 5.75 Å². The Hall–Kier alpha value is -1.94. The molecule has 4 nitrogen and oxygen atoms in total. The van der Waals surface area contributed by atoms with E-state index in [2.05, 4.69) is 5.32 Å². The highest BCUT2D eigenvalue weighted by Crippen LogP contribution is 2.11. The fourth-order valence-electron chi connectivity index (χ4n) is 1.67. The van der Waals surface area contributed by atoms with Crippen LogP contribution in [-0.2, 0) is 5.88 Å². The molecule has 1 aromatic heterocycles. The Bertz CT molecular complexity index is 553. The number of halogens is 1. The molecule has 0 fully saturated rings. The van der Waals surface area contributed by atoms with Crippen LogP contribution in [0.4, 0.5) is 0 Å². The van der Waals surface area contributed by atoms with E-state index in [-0.39, 0.29) is 23.7 Å². The van der Waals surface area contributed by atoms with Crippen LogP contribution in [0.3, 0.4) is 0 Å². The smallest absolute Gasteiger partial charge is 0.287 e. The van der Waals surface area contributed by atoms with E-state index < -0.39 is 0 Å². The molecule has 1 amide bonds. The van der Waals surface area contributed by atoms with Crippen LogP contribution in [0.15, 0.2) is 46.9 Å². The van der Waals surface area contributed by atoms with Crippen molar-refractivity contribution in [2.45, 2.75) is 18.9 Å². The van der Waals surface area contributed by atoms with Crippen LogP contribution >= 0.6 is 11.6 Å². The zero-order chi connectivity index (χ0) is 14.4. The van der Waals surface area contributed by atoms with Crippen molar-refractivity contribution in [2.75, 3.05) is 6.54 Å². The van der Waals surface area contributed by atoms with Crippen molar-refractivity contribution in [3.8, 4) is 5.75 Å². The summed E-state index contributed by atoms with van der Waals surface area (Å²) in [6, 6.07) is 12.8. The Labute approximate surface area is 122 Å². The molecular weight excluding hydrogens is 278 g/mol. The summed E-state index contributed by atoms with van der Waals surface area (Å²) in [6.45, 7) is 2.28. The molecule has 1 heterocycles. The number of hydrogen-bond donors (Lipinski definition) is 1. The second-order valence-corrected chi connectivity index (χ2v) is 4.62. The lowest BCUT2D eigenvalue weighted by atomic mass is 10.3. The third-order valence-electron chi connectivity index (χ3n) is 2.65. The van der Waals surface area contributed by atoms with Crippen LogP contribution in [-0.4, -0.2) is 18.6 Å². The minimum atomic E-state index is -0.273. The summed E-state index contributed by atoms with van der Waals surface area (Å²) in [6.07, 6.45) is -0.135. The molecule has 0 aliphatic heterocycles. The lowest BCUT2D eigenvalue weighted by Gasteiger charge is -2.14. The maximum absolute atomic E-state index is 11.8. The van der Waals surface area contributed by atoms with E-state index in [9.17, 15) is 4.79 Å². The van der Waals surface area contributed by atoms with Gasteiger partial charge in [0.05, 0.1) is 12.4 Å². The van der Waals surface area contributed by atoms with E-state index in [0.29, 0.717) is 12.3 Å². The van der Waals surface area contributed by atoms with Gasteiger partial charge in [-0.25, -0.2) is 0 Å². The Balaban J connectivity index is 1.81. The van der Waals surface area contributed by atoms with Crippen molar-refractivity contribution in [1.82, 2.24) is 5.32 Å². The molecule has 1 N–H and O–H groups in total. The molecule has 106 valence electrons. The first kappa shape index (κ1) is 14.5. The standard InChI is InChI=1S/C15H16ClNO3/c1-11(19-12-5-3-2-4-6-12)10-17-15(18)14-8-7-13(9-16)20-14/h2-8,11H,9-10H2,1H3,(H,17,18). The Morgan fingerprint density at radius 3 is 2.70 bits per heavy atom. The number of benzene rings is 1. The molecule has 5 heteroatoms. The topological polar surface area (TPSA) is 51.5 Å². The number of amides is 1. The molecule has 0 aliphatic rings. The third kappa shape index (κ3) is 4.03. The second-order valence-electron chi connectivity index (χ2n) is 4.35. The fraction of sp³-hybridized carbons (Fsp3) is 0.267. The SMILES string of the molecule is CC(CNC(=O)c1ccc(CCl)o1)Oc1ccccc1. The van der Waals surface area contributed by atoms with Crippen molar-refractivity contribution in [1.29, 1.82) is 0 Å². The number of nitrogens with one attached hydrogen (secondary N) is 1. The van der Waals surface area contributed by atoms with Crippen LogP contribution in [0.25, 0.3) is 0 Å². The number of para-hydroxylation sites is 1. The van der Waals surface area contributed by atoms with E-state index in [1.54, 1.807) is 12.1 Å². The van der Waals surface area contributed by atoms with Crippen molar-refractivity contribution in [2.24, 2.45) is 0 Å². The first-order chi connectivity index (χ1) is 9.69. The summed E-state index contributed by atoms with van der Waals surface area (Å²) in [7, 11) is 0. The van der Waals surface area contributed by atoms with Gasteiger partial charge in [-0.1, -0.05) is 18.2 Å². The molecule has 0 saturated heterocycles. The van der Waals surface area contributed by atoms with E-state index in [1.807, 2.05) is 37.3 Å². The monoisotopic (exact) mass is 293 g/mol. The maximum atomic E-state index is 11.8. The quantitative estimate of drug-likeness (QED) is 0.832. The van der Waals surface area contributed by atoms with E-state index >= 15 is 0 Å². The summed E-state index contributed by atoms with van der Waals surface area (Å²) in [5, 5.41) is 2.76. The van der Waals surface area contributed by atoms with Crippen LogP contribution in [0, 0.1) is 0 Å². The summed E-state index contributed by atoms with van der Waals surface area (Å²) in [5.41, 5.74) is 0. The molecule has 2 rings (SSSR count). The summed E-state index contributed by atoms with van der Waals surface area (Å²) in [4.78, 5) is 11.8. The van der Waals surface area contributed by atoms with Gasteiger partial charge in [0.2, 0.25) is 0 Å². The summed E-state index contributed by atoms with van der Waals surface area (Å²) >= 11 is 5.62. The van der Waals surface area contributed by atoms with Crippen molar-refractivity contribution in [3.05, 3.63) is 54.0 Å². The Morgan fingerprint density at radius 1 is 1.30 bits per heavy atom. The highest BCUT2D eigenvalue weighted by atomic mass is 35.5. The number of carbonyl (C=O) groups is 1. The Morgan fingerprint density at radius 2 is 2.05 bits per heavy atom. The average Bonchev–Trinajstić information content (AvgIpc) is 2.95. The van der Waals surface area contributed by atoms with Gasteiger partial charge in [-0.05, 0) is 31.2 Å². The van der Waals surface area contributed by atoms with E-state index in [0.717, 1.165) is 5.75 Å². The number of ether oxygens (including phenoxy) is 1. The Kier molecular flexibility index (Phi) is 5.07. The molecule has 20 heavy (non-hydrogen) atoms. The van der Waals surface area contributed by atoms with Gasteiger partial charge in [-0.3, -0.25) is 4.79 Å². The third-order valence-corrected chi connectivity index (χ3v) is 2.91.